The molecule has 0 unspecified atom stereocenters. The summed E-state index contributed by atoms with van der Waals surface area (Å²) in [5.41, 5.74) is 1.43. The summed E-state index contributed by atoms with van der Waals surface area (Å²) >= 11 is 3.47. The number of fused-ring (bicyclic) bond motifs is 1. The largest absolute Gasteiger partial charge is 0.493 e. The molecule has 0 saturated carbocycles. The molecule has 35 heavy (non-hydrogen) atoms. The minimum Gasteiger partial charge on any atom is -0.493 e. The molecule has 10 heteroatoms. The second-order valence-electron chi connectivity index (χ2n) is 7.65. The predicted octanol–water partition coefficient (Wildman–Crippen LogP) is 4.52. The van der Waals surface area contributed by atoms with Crippen LogP contribution in [0.3, 0.4) is 0 Å². The number of carbonyl (C=O) groups is 2. The Hall–Kier alpha value is -3.50. The number of ether oxygens (including phenoxy) is 2. The molecular weight excluding hydrogens is 514 g/mol. The van der Waals surface area contributed by atoms with Crippen molar-refractivity contribution in [3.8, 4) is 5.75 Å². The van der Waals surface area contributed by atoms with E-state index in [0.717, 1.165) is 28.0 Å². The molecule has 0 fully saturated rings. The Bertz CT molecular complexity index is 1200. The number of amides is 1. The fourth-order valence-electron chi connectivity index (χ4n) is 3.25. The van der Waals surface area contributed by atoms with Crippen molar-refractivity contribution in [1.29, 1.82) is 0 Å². The highest BCUT2D eigenvalue weighted by Gasteiger charge is 2.12. The van der Waals surface area contributed by atoms with Crippen LogP contribution in [0.25, 0.3) is 10.9 Å². The molecule has 0 aliphatic heterocycles. The van der Waals surface area contributed by atoms with Crippen molar-refractivity contribution in [3.05, 3.63) is 59.6 Å². The van der Waals surface area contributed by atoms with Crippen LogP contribution < -0.4 is 15.4 Å². The number of hydrogen-bond donors (Lipinski definition) is 2. The average Bonchev–Trinajstić information content (AvgIpc) is 2.81. The number of likely N-dealkylation sites (N-methyl/N-ethyl adjacent to an activating group) is 1. The topological polar surface area (TPSA) is 106 Å². The summed E-state index contributed by atoms with van der Waals surface area (Å²) in [7, 11) is 1.86. The van der Waals surface area contributed by atoms with Crippen LogP contribution in [0.2, 0.25) is 0 Å². The summed E-state index contributed by atoms with van der Waals surface area (Å²) in [6, 6.07) is 13.2. The van der Waals surface area contributed by atoms with Gasteiger partial charge < -0.3 is 14.8 Å². The van der Waals surface area contributed by atoms with Crippen LogP contribution in [0.4, 0.5) is 17.5 Å². The molecule has 0 radical (unpaired) electrons. The van der Waals surface area contributed by atoms with Gasteiger partial charge in [-0.05, 0) is 56.8 Å². The Kier molecular flexibility index (Phi) is 9.56. The Balaban J connectivity index is 1.73. The lowest BCUT2D eigenvalue weighted by atomic mass is 10.2. The maximum Gasteiger partial charge on any atom is 0.320 e. The molecule has 0 bridgehead atoms. The highest BCUT2D eigenvalue weighted by molar-refractivity contribution is 9.10. The van der Waals surface area contributed by atoms with Crippen LogP contribution in [0.5, 0.6) is 5.75 Å². The molecule has 3 rings (SSSR count). The van der Waals surface area contributed by atoms with Gasteiger partial charge in [-0.1, -0.05) is 28.6 Å². The van der Waals surface area contributed by atoms with E-state index in [1.54, 1.807) is 13.0 Å². The van der Waals surface area contributed by atoms with Gasteiger partial charge >= 0.3 is 5.97 Å². The van der Waals surface area contributed by atoms with Gasteiger partial charge in [-0.25, -0.2) is 4.98 Å². The fraction of sp³-hybridized carbons (Fsp3) is 0.280. The molecule has 0 aliphatic carbocycles. The number of aromatic nitrogens is 2. The lowest BCUT2D eigenvalue weighted by molar-refractivity contribution is -0.144. The zero-order chi connectivity index (χ0) is 25.2. The van der Waals surface area contributed by atoms with Crippen LogP contribution in [0.1, 0.15) is 13.3 Å². The van der Waals surface area contributed by atoms with E-state index in [-0.39, 0.29) is 18.5 Å². The van der Waals surface area contributed by atoms with Crippen molar-refractivity contribution in [2.75, 3.05) is 44.0 Å². The van der Waals surface area contributed by atoms with Gasteiger partial charge in [-0.3, -0.25) is 19.8 Å². The number of nitrogens with zero attached hydrogens (tertiary/aromatic N) is 3. The Morgan fingerprint density at radius 1 is 1.20 bits per heavy atom. The monoisotopic (exact) mass is 541 g/mol. The van der Waals surface area contributed by atoms with Crippen molar-refractivity contribution in [2.24, 2.45) is 0 Å². The summed E-state index contributed by atoms with van der Waals surface area (Å²) in [4.78, 5) is 34.2. The average molecular weight is 542 g/mol. The summed E-state index contributed by atoms with van der Waals surface area (Å²) < 4.78 is 11.8. The SMILES string of the molecule is C=CC(=O)Nc1nc(Nc2cccc(Br)c2)c2ccc(OCCCN(C)CC(=O)OCC)cc2n1. The number of halogens is 1. The molecule has 0 atom stereocenters. The first-order valence-electron chi connectivity index (χ1n) is 11.1. The van der Waals surface area contributed by atoms with Gasteiger partial charge in [0.2, 0.25) is 11.9 Å². The number of esters is 1. The van der Waals surface area contributed by atoms with Gasteiger partial charge in [-0.2, -0.15) is 4.98 Å². The molecule has 1 amide bonds. The number of anilines is 3. The lowest BCUT2D eigenvalue weighted by Crippen LogP contribution is -2.29. The Labute approximate surface area is 212 Å². The van der Waals surface area contributed by atoms with Gasteiger partial charge in [0.25, 0.3) is 0 Å². The molecule has 1 aromatic heterocycles. The molecular formula is C25H28BrN5O4. The van der Waals surface area contributed by atoms with Gasteiger partial charge in [0.1, 0.15) is 11.6 Å². The standard InChI is InChI=1S/C25H28BrN5O4/c1-4-22(32)29-25-28-21-15-19(35-13-7-12-31(3)16-23(33)34-5-2)10-11-20(21)24(30-25)27-18-9-6-8-17(26)14-18/h4,6,8-11,14-15H,1,5,7,12-13,16H2,2-3H3,(H2,27,28,29,30,32). The van der Waals surface area contributed by atoms with Crippen molar-refractivity contribution in [3.63, 3.8) is 0 Å². The molecule has 9 nitrogen and oxygen atoms in total. The first-order valence-corrected chi connectivity index (χ1v) is 11.9. The summed E-state index contributed by atoms with van der Waals surface area (Å²) in [5, 5.41) is 6.67. The Morgan fingerprint density at radius 3 is 2.77 bits per heavy atom. The van der Waals surface area contributed by atoms with Gasteiger partial charge in [0, 0.05) is 28.2 Å². The molecule has 0 spiro atoms. The van der Waals surface area contributed by atoms with E-state index in [2.05, 4.69) is 43.1 Å². The minimum atomic E-state index is -0.405. The second-order valence-corrected chi connectivity index (χ2v) is 8.56. The van der Waals surface area contributed by atoms with Crippen LogP contribution in [-0.4, -0.2) is 60.1 Å². The molecule has 0 aliphatic rings. The van der Waals surface area contributed by atoms with E-state index in [9.17, 15) is 9.59 Å². The second kappa shape index (κ2) is 12.8. The van der Waals surface area contributed by atoms with Crippen molar-refractivity contribution in [1.82, 2.24) is 14.9 Å². The third-order valence-corrected chi connectivity index (χ3v) is 5.33. The third kappa shape index (κ3) is 8.04. The zero-order valence-electron chi connectivity index (χ0n) is 19.7. The molecule has 184 valence electrons. The van der Waals surface area contributed by atoms with E-state index in [1.165, 1.54) is 0 Å². The maximum atomic E-state index is 11.8. The smallest absolute Gasteiger partial charge is 0.320 e. The summed E-state index contributed by atoms with van der Waals surface area (Å²) in [5.74, 6) is 0.685. The highest BCUT2D eigenvalue weighted by Crippen LogP contribution is 2.29. The van der Waals surface area contributed by atoms with Gasteiger partial charge in [0.15, 0.2) is 0 Å². The molecule has 1 heterocycles. The van der Waals surface area contributed by atoms with E-state index in [4.69, 9.17) is 9.47 Å². The number of rotatable bonds is 12. The van der Waals surface area contributed by atoms with Crippen LogP contribution >= 0.6 is 15.9 Å². The molecule has 3 aromatic rings. The van der Waals surface area contributed by atoms with Gasteiger partial charge in [-0.15, -0.1) is 0 Å². The minimum absolute atomic E-state index is 0.151. The predicted molar refractivity (Wildman–Crippen MR) is 140 cm³/mol. The van der Waals surface area contributed by atoms with Crippen molar-refractivity contribution in [2.45, 2.75) is 13.3 Å². The first kappa shape index (κ1) is 26.1. The first-order chi connectivity index (χ1) is 16.9. The van der Waals surface area contributed by atoms with E-state index in [1.807, 2.05) is 48.3 Å². The van der Waals surface area contributed by atoms with Crippen molar-refractivity contribution < 1.29 is 19.1 Å². The van der Waals surface area contributed by atoms with Crippen LogP contribution in [0, 0.1) is 0 Å². The zero-order valence-corrected chi connectivity index (χ0v) is 21.3. The number of nitrogens with one attached hydrogen (secondary N) is 2. The van der Waals surface area contributed by atoms with Crippen LogP contribution in [-0.2, 0) is 14.3 Å². The van der Waals surface area contributed by atoms with E-state index < -0.39 is 5.91 Å². The summed E-state index contributed by atoms with van der Waals surface area (Å²) in [6.45, 7) is 7.03. The quantitative estimate of drug-likeness (QED) is 0.196. The number of carbonyl (C=O) groups excluding carboxylic acids is 2. The van der Waals surface area contributed by atoms with Crippen molar-refractivity contribution >= 4 is 56.2 Å². The molecule has 0 saturated heterocycles. The normalized spacial score (nSPS) is 10.7. The molecule has 2 N–H and O–H groups in total. The fourth-order valence-corrected chi connectivity index (χ4v) is 3.64. The third-order valence-electron chi connectivity index (χ3n) is 4.83. The van der Waals surface area contributed by atoms with E-state index in [0.29, 0.717) is 36.8 Å². The number of hydrogen-bond acceptors (Lipinski definition) is 8. The highest BCUT2D eigenvalue weighted by atomic mass is 79.9. The van der Waals surface area contributed by atoms with Crippen LogP contribution in [0.15, 0.2) is 59.6 Å². The Morgan fingerprint density at radius 2 is 2.03 bits per heavy atom. The molecule has 2 aromatic carbocycles. The number of benzene rings is 2. The van der Waals surface area contributed by atoms with Gasteiger partial charge in [0.05, 0.1) is 25.3 Å². The van der Waals surface area contributed by atoms with E-state index >= 15 is 0 Å². The maximum absolute atomic E-state index is 11.8. The lowest BCUT2D eigenvalue weighted by Gasteiger charge is -2.16. The summed E-state index contributed by atoms with van der Waals surface area (Å²) in [6.07, 6.45) is 1.89.